The zero-order valence-electron chi connectivity index (χ0n) is 15.8. The lowest BCUT2D eigenvalue weighted by Crippen LogP contribution is -2.38. The van der Waals surface area contributed by atoms with E-state index in [1.165, 1.54) is 24.2 Å². The van der Waals surface area contributed by atoms with Crippen molar-refractivity contribution in [2.45, 2.75) is 33.3 Å². The first kappa shape index (κ1) is 24.5. The maximum absolute atomic E-state index is 5.79. The maximum Gasteiger partial charge on any atom is 0.191 e. The average Bonchev–Trinajstić information content (AvgIpc) is 2.60. The lowest BCUT2D eigenvalue weighted by atomic mass is 10.2. The summed E-state index contributed by atoms with van der Waals surface area (Å²) in [4.78, 5) is 4.67. The van der Waals surface area contributed by atoms with Crippen LogP contribution in [0, 0.1) is 5.92 Å². The first-order valence-corrected chi connectivity index (χ1v) is 10.3. The molecule has 0 aliphatic carbocycles. The minimum Gasteiger partial charge on any atom is -0.376 e. The van der Waals surface area contributed by atoms with Crippen LogP contribution in [-0.4, -0.2) is 44.2 Å². The van der Waals surface area contributed by atoms with Crippen molar-refractivity contribution in [3.63, 3.8) is 0 Å². The van der Waals surface area contributed by atoms with Gasteiger partial charge in [-0.1, -0.05) is 37.3 Å². The SMILES string of the molecule is CCNC(=NCC(C)COCc1ccccc1)NCCCCSC.I. The first-order valence-electron chi connectivity index (χ1n) is 8.89. The topological polar surface area (TPSA) is 45.7 Å². The molecule has 1 rings (SSSR count). The number of unbranched alkanes of at least 4 members (excludes halogenated alkanes) is 1. The Morgan fingerprint density at radius 2 is 1.96 bits per heavy atom. The molecule has 0 radical (unpaired) electrons. The number of guanidine groups is 1. The molecule has 0 spiro atoms. The normalized spacial score (nSPS) is 12.4. The van der Waals surface area contributed by atoms with E-state index < -0.39 is 0 Å². The van der Waals surface area contributed by atoms with Gasteiger partial charge in [0.15, 0.2) is 5.96 Å². The van der Waals surface area contributed by atoms with E-state index in [0.29, 0.717) is 12.5 Å². The second-order valence-corrected chi connectivity index (χ2v) is 6.94. The Morgan fingerprint density at radius 1 is 1.20 bits per heavy atom. The molecule has 0 bridgehead atoms. The molecular formula is C19H34IN3OS. The predicted molar refractivity (Wildman–Crippen MR) is 122 cm³/mol. The highest BCUT2D eigenvalue weighted by molar-refractivity contribution is 14.0. The zero-order valence-corrected chi connectivity index (χ0v) is 18.9. The number of ether oxygens (including phenoxy) is 1. The van der Waals surface area contributed by atoms with Gasteiger partial charge in [0.05, 0.1) is 13.2 Å². The third kappa shape index (κ3) is 13.4. The van der Waals surface area contributed by atoms with Crippen molar-refractivity contribution in [1.29, 1.82) is 0 Å². The maximum atomic E-state index is 5.79. The fraction of sp³-hybridized carbons (Fsp3) is 0.632. The van der Waals surface area contributed by atoms with Gasteiger partial charge in [0, 0.05) is 19.6 Å². The van der Waals surface area contributed by atoms with Crippen molar-refractivity contribution in [1.82, 2.24) is 10.6 Å². The summed E-state index contributed by atoms with van der Waals surface area (Å²) in [5.74, 6) is 2.54. The second-order valence-electron chi connectivity index (χ2n) is 5.95. The lowest BCUT2D eigenvalue weighted by molar-refractivity contribution is 0.0945. The molecule has 0 aliphatic rings. The van der Waals surface area contributed by atoms with Gasteiger partial charge in [0.2, 0.25) is 0 Å². The molecule has 0 aliphatic heterocycles. The number of nitrogens with zero attached hydrogens (tertiary/aromatic N) is 1. The van der Waals surface area contributed by atoms with Crippen LogP contribution >= 0.6 is 35.7 Å². The average molecular weight is 479 g/mol. The summed E-state index contributed by atoms with van der Waals surface area (Å²) in [6.45, 7) is 8.30. The van der Waals surface area contributed by atoms with E-state index in [-0.39, 0.29) is 24.0 Å². The second kappa shape index (κ2) is 17.0. The van der Waals surface area contributed by atoms with Crippen molar-refractivity contribution < 1.29 is 4.74 Å². The molecule has 1 atom stereocenters. The minimum absolute atomic E-state index is 0. The quantitative estimate of drug-likeness (QED) is 0.205. The first-order chi connectivity index (χ1) is 11.8. The Bertz CT molecular complexity index is 446. The number of thioether (sulfide) groups is 1. The Hall–Kier alpha value is -0.470. The van der Waals surface area contributed by atoms with E-state index in [4.69, 9.17) is 4.74 Å². The number of nitrogens with one attached hydrogen (secondary N) is 2. The van der Waals surface area contributed by atoms with Crippen molar-refractivity contribution in [2.24, 2.45) is 10.9 Å². The summed E-state index contributed by atoms with van der Waals surface area (Å²) in [5.41, 5.74) is 1.22. The summed E-state index contributed by atoms with van der Waals surface area (Å²) in [7, 11) is 0. The van der Waals surface area contributed by atoms with Crippen molar-refractivity contribution in [3.05, 3.63) is 35.9 Å². The van der Waals surface area contributed by atoms with Crippen LogP contribution in [0.4, 0.5) is 0 Å². The molecule has 1 aromatic carbocycles. The third-order valence-electron chi connectivity index (χ3n) is 3.49. The van der Waals surface area contributed by atoms with Crippen molar-refractivity contribution >= 4 is 41.7 Å². The van der Waals surface area contributed by atoms with Crippen LogP contribution in [0.1, 0.15) is 32.3 Å². The number of aliphatic imine (C=N–C) groups is 1. The van der Waals surface area contributed by atoms with E-state index in [0.717, 1.165) is 32.2 Å². The van der Waals surface area contributed by atoms with E-state index in [2.05, 4.69) is 47.9 Å². The Morgan fingerprint density at radius 3 is 2.64 bits per heavy atom. The van der Waals surface area contributed by atoms with E-state index in [1.807, 2.05) is 30.0 Å². The highest BCUT2D eigenvalue weighted by Gasteiger charge is 2.03. The van der Waals surface area contributed by atoms with Crippen LogP contribution in [0.5, 0.6) is 0 Å². The van der Waals surface area contributed by atoms with Gasteiger partial charge in [0.25, 0.3) is 0 Å². The number of hydrogen-bond donors (Lipinski definition) is 2. The molecule has 0 saturated heterocycles. The fourth-order valence-electron chi connectivity index (χ4n) is 2.17. The largest absolute Gasteiger partial charge is 0.376 e. The highest BCUT2D eigenvalue weighted by atomic mass is 127. The van der Waals surface area contributed by atoms with Gasteiger partial charge in [-0.15, -0.1) is 24.0 Å². The summed E-state index contributed by atoms with van der Waals surface area (Å²) in [5, 5.41) is 6.71. The molecule has 144 valence electrons. The molecule has 1 aromatic rings. The zero-order chi connectivity index (χ0) is 17.5. The summed E-state index contributed by atoms with van der Waals surface area (Å²) in [6.07, 6.45) is 4.58. The standard InChI is InChI=1S/C19H33N3OS.HI/c1-4-20-19(21-12-8-9-13-24-3)22-14-17(2)15-23-16-18-10-6-5-7-11-18;/h5-7,10-11,17H,4,8-9,12-16H2,1-3H3,(H2,20,21,22);1H. The summed E-state index contributed by atoms with van der Waals surface area (Å²) in [6, 6.07) is 10.3. The van der Waals surface area contributed by atoms with Crippen LogP contribution in [0.25, 0.3) is 0 Å². The molecule has 6 heteroatoms. The molecule has 2 N–H and O–H groups in total. The molecule has 0 saturated carbocycles. The van der Waals surface area contributed by atoms with Gasteiger partial charge in [-0.3, -0.25) is 4.99 Å². The van der Waals surface area contributed by atoms with E-state index >= 15 is 0 Å². The van der Waals surface area contributed by atoms with Crippen LogP contribution in [0.2, 0.25) is 0 Å². The molecule has 0 heterocycles. The Kier molecular flexibility index (Phi) is 16.7. The van der Waals surface area contributed by atoms with Gasteiger partial charge in [-0.25, -0.2) is 0 Å². The third-order valence-corrected chi connectivity index (χ3v) is 4.18. The molecule has 25 heavy (non-hydrogen) atoms. The van der Waals surface area contributed by atoms with Crippen LogP contribution in [-0.2, 0) is 11.3 Å². The number of benzene rings is 1. The molecule has 4 nitrogen and oxygen atoms in total. The van der Waals surface area contributed by atoms with Crippen LogP contribution in [0.15, 0.2) is 35.3 Å². The molecule has 0 fully saturated rings. The minimum atomic E-state index is 0. The molecular weight excluding hydrogens is 445 g/mol. The van der Waals surface area contributed by atoms with Crippen LogP contribution in [0.3, 0.4) is 0 Å². The molecule has 0 aromatic heterocycles. The fourth-order valence-corrected chi connectivity index (χ4v) is 2.66. The summed E-state index contributed by atoms with van der Waals surface area (Å²) < 4.78 is 5.79. The van der Waals surface area contributed by atoms with E-state index in [9.17, 15) is 0 Å². The van der Waals surface area contributed by atoms with Gasteiger partial charge in [0.1, 0.15) is 0 Å². The van der Waals surface area contributed by atoms with Gasteiger partial charge >= 0.3 is 0 Å². The monoisotopic (exact) mass is 479 g/mol. The number of hydrogen-bond acceptors (Lipinski definition) is 3. The van der Waals surface area contributed by atoms with Gasteiger partial charge < -0.3 is 15.4 Å². The number of halogens is 1. The van der Waals surface area contributed by atoms with Gasteiger partial charge in [-0.2, -0.15) is 11.8 Å². The highest BCUT2D eigenvalue weighted by Crippen LogP contribution is 2.03. The summed E-state index contributed by atoms with van der Waals surface area (Å²) >= 11 is 1.90. The van der Waals surface area contributed by atoms with Crippen molar-refractivity contribution in [3.8, 4) is 0 Å². The van der Waals surface area contributed by atoms with Crippen LogP contribution < -0.4 is 10.6 Å². The smallest absolute Gasteiger partial charge is 0.191 e. The lowest BCUT2D eigenvalue weighted by Gasteiger charge is -2.14. The Labute approximate surface area is 175 Å². The van der Waals surface area contributed by atoms with Gasteiger partial charge in [-0.05, 0) is 43.3 Å². The predicted octanol–water partition coefficient (Wildman–Crippen LogP) is 4.16. The molecule has 1 unspecified atom stereocenters. The Balaban J connectivity index is 0.00000576. The number of rotatable bonds is 12. The molecule has 0 amide bonds. The van der Waals surface area contributed by atoms with E-state index in [1.54, 1.807) is 0 Å². The van der Waals surface area contributed by atoms with Crippen molar-refractivity contribution in [2.75, 3.05) is 38.2 Å².